The molecule has 1 heterocycles. The van der Waals surface area contributed by atoms with Gasteiger partial charge in [-0.2, -0.15) is 0 Å². The first-order chi connectivity index (χ1) is 7.95. The van der Waals surface area contributed by atoms with Crippen molar-refractivity contribution in [2.75, 3.05) is 6.54 Å². The maximum absolute atomic E-state index is 12.1. The van der Waals surface area contributed by atoms with Crippen LogP contribution in [-0.4, -0.2) is 27.3 Å². The van der Waals surface area contributed by atoms with E-state index in [1.165, 1.54) is 4.68 Å². The molecule has 5 nitrogen and oxygen atoms in total. The van der Waals surface area contributed by atoms with E-state index in [9.17, 15) is 4.79 Å². The molecule has 0 fully saturated rings. The Morgan fingerprint density at radius 2 is 2.18 bits per heavy atom. The van der Waals surface area contributed by atoms with Crippen LogP contribution in [0.25, 0.3) is 0 Å². The van der Waals surface area contributed by atoms with Crippen LogP contribution in [0, 0.1) is 11.8 Å². The number of hydrogen-bond donors (Lipinski definition) is 1. The number of ketones is 1. The van der Waals surface area contributed by atoms with Crippen molar-refractivity contribution in [1.29, 1.82) is 0 Å². The van der Waals surface area contributed by atoms with Gasteiger partial charge in [0.05, 0.1) is 0 Å². The Labute approximate surface area is 110 Å². The Kier molecular flexibility index (Phi) is 5.27. The minimum absolute atomic E-state index is 0.0421. The third kappa shape index (κ3) is 3.89. The van der Waals surface area contributed by atoms with Crippen molar-refractivity contribution < 1.29 is 4.79 Å². The molecule has 0 aliphatic heterocycles. The quantitative estimate of drug-likeness (QED) is 0.813. The molecular weight excluding hydrogens is 284 g/mol. The van der Waals surface area contributed by atoms with Crippen molar-refractivity contribution in [2.45, 2.75) is 26.7 Å². The predicted octanol–water partition coefficient (Wildman–Crippen LogP) is 1.77. The zero-order valence-corrected chi connectivity index (χ0v) is 12.1. The zero-order chi connectivity index (χ0) is 13.0. The van der Waals surface area contributed by atoms with E-state index >= 15 is 0 Å². The summed E-state index contributed by atoms with van der Waals surface area (Å²) in [5, 5.41) is 7.61. The summed E-state index contributed by atoms with van der Waals surface area (Å²) in [6.45, 7) is 4.80. The fourth-order valence-electron chi connectivity index (χ4n) is 1.92. The number of nitrogens with two attached hydrogens (primary N) is 1. The summed E-state index contributed by atoms with van der Waals surface area (Å²) in [5.74, 6) is 0.814. The first kappa shape index (κ1) is 14.3. The van der Waals surface area contributed by atoms with E-state index in [1.807, 2.05) is 0 Å². The Balaban J connectivity index is 2.71. The predicted molar refractivity (Wildman–Crippen MR) is 69.6 cm³/mol. The SMILES string of the molecule is CC(C)CC(CN)CC(=O)c1c(Br)nnn1C. The molecule has 0 aliphatic carbocycles. The van der Waals surface area contributed by atoms with E-state index < -0.39 is 0 Å². The van der Waals surface area contributed by atoms with E-state index in [0.717, 1.165) is 6.42 Å². The van der Waals surface area contributed by atoms with Crippen molar-refractivity contribution in [2.24, 2.45) is 24.6 Å². The van der Waals surface area contributed by atoms with Crippen molar-refractivity contribution in [3.05, 3.63) is 10.3 Å². The summed E-state index contributed by atoms with van der Waals surface area (Å²) in [4.78, 5) is 12.1. The van der Waals surface area contributed by atoms with Crippen LogP contribution in [0.2, 0.25) is 0 Å². The molecule has 0 bridgehead atoms. The molecule has 17 heavy (non-hydrogen) atoms. The number of carbonyl (C=O) groups excluding carboxylic acids is 1. The Morgan fingerprint density at radius 3 is 2.59 bits per heavy atom. The fourth-order valence-corrected chi connectivity index (χ4v) is 2.46. The second-order valence-corrected chi connectivity index (χ2v) is 5.46. The molecule has 1 unspecified atom stereocenters. The lowest BCUT2D eigenvalue weighted by Crippen LogP contribution is -2.21. The molecule has 0 amide bonds. The summed E-state index contributed by atoms with van der Waals surface area (Å²) < 4.78 is 2.00. The van der Waals surface area contributed by atoms with Crippen LogP contribution in [-0.2, 0) is 7.05 Å². The molecule has 96 valence electrons. The monoisotopic (exact) mass is 302 g/mol. The first-order valence-electron chi connectivity index (χ1n) is 5.74. The first-order valence-corrected chi connectivity index (χ1v) is 6.53. The topological polar surface area (TPSA) is 73.8 Å². The number of nitrogens with zero attached hydrogens (tertiary/aromatic N) is 3. The molecule has 1 rings (SSSR count). The summed E-state index contributed by atoms with van der Waals surface area (Å²) in [6.07, 6.45) is 1.42. The lowest BCUT2D eigenvalue weighted by molar-refractivity contribution is 0.0947. The van der Waals surface area contributed by atoms with Crippen molar-refractivity contribution in [1.82, 2.24) is 15.0 Å². The number of hydrogen-bond acceptors (Lipinski definition) is 4. The summed E-state index contributed by atoms with van der Waals surface area (Å²) >= 11 is 3.23. The average Bonchev–Trinajstić information content (AvgIpc) is 2.56. The van der Waals surface area contributed by atoms with Gasteiger partial charge in [0, 0.05) is 13.5 Å². The van der Waals surface area contributed by atoms with E-state index in [4.69, 9.17) is 5.73 Å². The van der Waals surface area contributed by atoms with Crippen LogP contribution in [0.3, 0.4) is 0 Å². The summed E-state index contributed by atoms with van der Waals surface area (Å²) in [5.41, 5.74) is 6.22. The van der Waals surface area contributed by atoms with Gasteiger partial charge in [-0.1, -0.05) is 19.1 Å². The standard InChI is InChI=1S/C11H19BrN4O/c1-7(2)4-8(6-13)5-9(17)10-11(12)14-15-16(10)3/h7-8H,4-6,13H2,1-3H3. The van der Waals surface area contributed by atoms with Crippen LogP contribution in [0.4, 0.5) is 0 Å². The molecular formula is C11H19BrN4O. The molecule has 0 spiro atoms. The smallest absolute Gasteiger partial charge is 0.184 e. The normalized spacial score (nSPS) is 13.1. The van der Waals surface area contributed by atoms with Gasteiger partial charge in [-0.25, -0.2) is 4.68 Å². The third-order valence-electron chi connectivity index (χ3n) is 2.66. The van der Waals surface area contributed by atoms with Gasteiger partial charge < -0.3 is 5.73 Å². The molecule has 2 N–H and O–H groups in total. The third-order valence-corrected chi connectivity index (χ3v) is 3.20. The minimum Gasteiger partial charge on any atom is -0.330 e. The number of rotatable bonds is 6. The van der Waals surface area contributed by atoms with Gasteiger partial charge in [-0.3, -0.25) is 4.79 Å². The highest BCUT2D eigenvalue weighted by atomic mass is 79.9. The molecule has 0 saturated heterocycles. The van der Waals surface area contributed by atoms with E-state index in [2.05, 4.69) is 40.1 Å². The second-order valence-electron chi connectivity index (χ2n) is 4.71. The number of Topliss-reactive ketones (excluding diaryl/α,β-unsaturated/α-hetero) is 1. The maximum Gasteiger partial charge on any atom is 0.184 e. The van der Waals surface area contributed by atoms with Gasteiger partial charge in [0.1, 0.15) is 5.69 Å². The number of carbonyl (C=O) groups is 1. The number of halogens is 1. The van der Waals surface area contributed by atoms with Crippen LogP contribution in [0.15, 0.2) is 4.60 Å². The summed E-state index contributed by atoms with van der Waals surface area (Å²) in [7, 11) is 1.71. The molecule has 1 aromatic heterocycles. The Morgan fingerprint density at radius 1 is 1.53 bits per heavy atom. The molecule has 0 saturated carbocycles. The van der Waals surface area contributed by atoms with Crippen LogP contribution in [0.5, 0.6) is 0 Å². The van der Waals surface area contributed by atoms with Crippen LogP contribution < -0.4 is 5.73 Å². The number of aromatic nitrogens is 3. The zero-order valence-electron chi connectivity index (χ0n) is 10.5. The van der Waals surface area contributed by atoms with E-state index in [0.29, 0.717) is 29.2 Å². The Bertz CT molecular complexity index is 369. The molecule has 0 aliphatic rings. The lowest BCUT2D eigenvalue weighted by atomic mass is 9.92. The molecule has 0 aromatic carbocycles. The van der Waals surface area contributed by atoms with Gasteiger partial charge in [0.15, 0.2) is 10.4 Å². The number of aryl methyl sites for hydroxylation is 1. The van der Waals surface area contributed by atoms with Gasteiger partial charge in [0.2, 0.25) is 0 Å². The highest BCUT2D eigenvalue weighted by Gasteiger charge is 2.21. The highest BCUT2D eigenvalue weighted by Crippen LogP contribution is 2.20. The lowest BCUT2D eigenvalue weighted by Gasteiger charge is -2.15. The van der Waals surface area contributed by atoms with Gasteiger partial charge in [0.25, 0.3) is 0 Å². The average molecular weight is 303 g/mol. The fraction of sp³-hybridized carbons (Fsp3) is 0.727. The van der Waals surface area contributed by atoms with Gasteiger partial charge >= 0.3 is 0 Å². The van der Waals surface area contributed by atoms with Crippen LogP contribution >= 0.6 is 15.9 Å². The molecule has 6 heteroatoms. The van der Waals surface area contributed by atoms with E-state index in [-0.39, 0.29) is 11.7 Å². The van der Waals surface area contributed by atoms with Crippen molar-refractivity contribution in [3.8, 4) is 0 Å². The van der Waals surface area contributed by atoms with Gasteiger partial charge in [-0.15, -0.1) is 5.10 Å². The largest absolute Gasteiger partial charge is 0.330 e. The molecule has 1 aromatic rings. The van der Waals surface area contributed by atoms with Gasteiger partial charge in [-0.05, 0) is 40.7 Å². The molecule has 0 radical (unpaired) electrons. The van der Waals surface area contributed by atoms with Crippen molar-refractivity contribution >= 4 is 21.7 Å². The highest BCUT2D eigenvalue weighted by molar-refractivity contribution is 9.10. The Hall–Kier alpha value is -0.750. The van der Waals surface area contributed by atoms with Crippen molar-refractivity contribution in [3.63, 3.8) is 0 Å². The minimum atomic E-state index is 0.0421. The maximum atomic E-state index is 12.1. The summed E-state index contributed by atoms with van der Waals surface area (Å²) in [6, 6.07) is 0. The van der Waals surface area contributed by atoms with E-state index in [1.54, 1.807) is 7.05 Å². The molecule has 1 atom stereocenters. The van der Waals surface area contributed by atoms with Crippen LogP contribution in [0.1, 0.15) is 37.2 Å². The second kappa shape index (κ2) is 6.26.